The third-order valence-electron chi connectivity index (χ3n) is 4.85. The van der Waals surface area contributed by atoms with Crippen LogP contribution >= 0.6 is 11.8 Å². The highest BCUT2D eigenvalue weighted by atomic mass is 32.2. The average Bonchev–Trinajstić information content (AvgIpc) is 3.43. The van der Waals surface area contributed by atoms with E-state index < -0.39 is 20.5 Å². The Hall–Kier alpha value is -2.98. The number of alkyl halides is 2. The van der Waals surface area contributed by atoms with E-state index in [2.05, 4.69) is 10.2 Å². The molecule has 0 fully saturated rings. The van der Waals surface area contributed by atoms with E-state index in [4.69, 9.17) is 4.42 Å². The molecule has 0 aliphatic carbocycles. The topological polar surface area (TPSA) is 78.0 Å². The van der Waals surface area contributed by atoms with Gasteiger partial charge < -0.3 is 4.42 Å². The average molecular weight is 476 g/mol. The molecule has 0 aliphatic heterocycles. The molecule has 10 heteroatoms. The molecule has 2 heterocycles. The van der Waals surface area contributed by atoms with E-state index >= 15 is 0 Å². The van der Waals surface area contributed by atoms with Gasteiger partial charge in [0.1, 0.15) is 5.76 Å². The van der Waals surface area contributed by atoms with Gasteiger partial charge >= 0.3 is 5.76 Å². The van der Waals surface area contributed by atoms with Gasteiger partial charge in [-0.1, -0.05) is 48.2 Å². The summed E-state index contributed by atoms with van der Waals surface area (Å²) in [5.74, 6) is -1.52. The van der Waals surface area contributed by atoms with Crippen LogP contribution in [-0.2, 0) is 22.1 Å². The molecule has 0 spiro atoms. The molecule has 0 bridgehead atoms. The Bertz CT molecular complexity index is 1300. The van der Waals surface area contributed by atoms with Crippen molar-refractivity contribution in [2.24, 2.45) is 0 Å². The van der Waals surface area contributed by atoms with E-state index in [0.29, 0.717) is 23.3 Å². The summed E-state index contributed by atoms with van der Waals surface area (Å²) in [7, 11) is -4.60. The number of aryl methyl sites for hydroxylation is 1. The summed E-state index contributed by atoms with van der Waals surface area (Å²) in [5, 5.41) is 9.40. The first kappa shape index (κ1) is 22.2. The van der Waals surface area contributed by atoms with E-state index in [1.54, 1.807) is 6.26 Å². The van der Waals surface area contributed by atoms with Gasteiger partial charge in [-0.05, 0) is 42.3 Å². The molecule has 6 nitrogen and oxygen atoms in total. The van der Waals surface area contributed by atoms with Crippen molar-refractivity contribution >= 4 is 21.6 Å². The van der Waals surface area contributed by atoms with Gasteiger partial charge in [-0.25, -0.2) is 8.42 Å². The van der Waals surface area contributed by atoms with Crippen LogP contribution in [-0.4, -0.2) is 28.9 Å². The Labute approximate surface area is 188 Å². The van der Waals surface area contributed by atoms with Crippen molar-refractivity contribution < 1.29 is 21.6 Å². The molecule has 0 radical (unpaired) electrons. The smallest absolute Gasteiger partial charge is 0.341 e. The number of nitrogens with zero attached hydrogens (tertiary/aromatic N) is 3. The van der Waals surface area contributed by atoms with Crippen molar-refractivity contribution in [3.63, 3.8) is 0 Å². The van der Waals surface area contributed by atoms with Crippen molar-refractivity contribution in [2.45, 2.75) is 35.0 Å². The SMILES string of the molecule is Cc1ccccc1-c1nnc(SCc2ccc(S(=O)(=O)C(F)F)cc2)n1Cc1ccco1. The van der Waals surface area contributed by atoms with E-state index in [1.807, 2.05) is 47.9 Å². The maximum Gasteiger partial charge on any atom is 0.341 e. The van der Waals surface area contributed by atoms with Crippen LogP contribution in [0, 0.1) is 6.92 Å². The van der Waals surface area contributed by atoms with E-state index in [9.17, 15) is 17.2 Å². The second-order valence-electron chi connectivity index (χ2n) is 7.02. The minimum Gasteiger partial charge on any atom is -0.467 e. The predicted molar refractivity (Wildman–Crippen MR) is 117 cm³/mol. The standard InChI is InChI=1S/C22H19F2N3O3S2/c1-15-5-2-3-7-19(15)20-25-26-22(27(20)13-17-6-4-12-30-17)31-14-16-8-10-18(11-9-16)32(28,29)21(23)24/h2-12,21H,13-14H2,1H3. The van der Waals surface area contributed by atoms with Gasteiger partial charge in [0.05, 0.1) is 17.7 Å². The summed E-state index contributed by atoms with van der Waals surface area (Å²) in [5.41, 5.74) is 2.79. The molecule has 2 aromatic heterocycles. The lowest BCUT2D eigenvalue weighted by atomic mass is 10.1. The number of furan rings is 1. The summed E-state index contributed by atoms with van der Waals surface area (Å²) < 4.78 is 56.1. The molecular weight excluding hydrogens is 456 g/mol. The van der Waals surface area contributed by atoms with Crippen molar-refractivity contribution in [2.75, 3.05) is 0 Å². The highest BCUT2D eigenvalue weighted by molar-refractivity contribution is 7.98. The van der Waals surface area contributed by atoms with Crippen LogP contribution in [0.15, 0.2) is 81.4 Å². The predicted octanol–water partition coefficient (Wildman–Crippen LogP) is 5.18. The number of aromatic nitrogens is 3. The summed E-state index contributed by atoms with van der Waals surface area (Å²) >= 11 is 1.41. The van der Waals surface area contributed by atoms with Crippen LogP contribution in [0.25, 0.3) is 11.4 Å². The van der Waals surface area contributed by atoms with Crippen molar-refractivity contribution in [1.82, 2.24) is 14.8 Å². The van der Waals surface area contributed by atoms with Crippen LogP contribution in [0.3, 0.4) is 0 Å². The Morgan fingerprint density at radius 2 is 1.78 bits per heavy atom. The minimum atomic E-state index is -4.60. The first-order chi connectivity index (χ1) is 15.4. The third kappa shape index (κ3) is 4.61. The van der Waals surface area contributed by atoms with Gasteiger partial charge in [-0.2, -0.15) is 8.78 Å². The van der Waals surface area contributed by atoms with Crippen LogP contribution in [0.5, 0.6) is 0 Å². The zero-order chi connectivity index (χ0) is 22.7. The third-order valence-corrected chi connectivity index (χ3v) is 7.29. The Kier molecular flexibility index (Phi) is 6.43. The lowest BCUT2D eigenvalue weighted by Crippen LogP contribution is -2.11. The fraction of sp³-hybridized carbons (Fsp3) is 0.182. The second kappa shape index (κ2) is 9.25. The highest BCUT2D eigenvalue weighted by Crippen LogP contribution is 2.29. The zero-order valence-corrected chi connectivity index (χ0v) is 18.6. The fourth-order valence-electron chi connectivity index (χ4n) is 3.15. The monoisotopic (exact) mass is 475 g/mol. The van der Waals surface area contributed by atoms with E-state index in [-0.39, 0.29) is 0 Å². The number of halogens is 2. The molecule has 0 aliphatic rings. The van der Waals surface area contributed by atoms with Crippen LogP contribution in [0.4, 0.5) is 8.78 Å². The van der Waals surface area contributed by atoms with E-state index in [1.165, 1.54) is 36.0 Å². The van der Waals surface area contributed by atoms with Crippen LogP contribution in [0.1, 0.15) is 16.9 Å². The maximum atomic E-state index is 12.7. The van der Waals surface area contributed by atoms with Crippen LogP contribution < -0.4 is 0 Å². The van der Waals surface area contributed by atoms with Crippen molar-refractivity contribution in [3.8, 4) is 11.4 Å². The molecule has 166 valence electrons. The molecule has 0 N–H and O–H groups in total. The Morgan fingerprint density at radius 1 is 1.03 bits per heavy atom. The van der Waals surface area contributed by atoms with Gasteiger partial charge in [0.15, 0.2) is 11.0 Å². The molecule has 0 unspecified atom stereocenters. The minimum absolute atomic E-state index is 0.399. The maximum absolute atomic E-state index is 12.7. The molecular formula is C22H19F2N3O3S2. The summed E-state index contributed by atoms with van der Waals surface area (Å²) in [6.45, 7) is 2.45. The highest BCUT2D eigenvalue weighted by Gasteiger charge is 2.26. The summed E-state index contributed by atoms with van der Waals surface area (Å²) in [6.07, 6.45) is 1.61. The first-order valence-corrected chi connectivity index (χ1v) is 12.1. The molecule has 0 saturated heterocycles. The van der Waals surface area contributed by atoms with Gasteiger partial charge in [0.2, 0.25) is 9.84 Å². The van der Waals surface area contributed by atoms with E-state index in [0.717, 1.165) is 22.5 Å². The number of hydrogen-bond acceptors (Lipinski definition) is 6. The van der Waals surface area contributed by atoms with Crippen molar-refractivity contribution in [3.05, 3.63) is 83.8 Å². The summed E-state index contributed by atoms with van der Waals surface area (Å²) in [6, 6.07) is 17.0. The van der Waals surface area contributed by atoms with Gasteiger partial charge in [-0.15, -0.1) is 10.2 Å². The van der Waals surface area contributed by atoms with Gasteiger partial charge in [0.25, 0.3) is 0 Å². The van der Waals surface area contributed by atoms with Gasteiger partial charge in [0, 0.05) is 11.3 Å². The van der Waals surface area contributed by atoms with Crippen molar-refractivity contribution in [1.29, 1.82) is 0 Å². The number of thioether (sulfide) groups is 1. The quantitative estimate of drug-likeness (QED) is 0.327. The Morgan fingerprint density at radius 3 is 2.44 bits per heavy atom. The number of sulfone groups is 1. The molecule has 2 aromatic carbocycles. The second-order valence-corrected chi connectivity index (χ2v) is 9.89. The normalized spacial score (nSPS) is 11.9. The fourth-order valence-corrected chi connectivity index (χ4v) is 4.76. The summed E-state index contributed by atoms with van der Waals surface area (Å²) in [4.78, 5) is -0.399. The lowest BCUT2D eigenvalue weighted by Gasteiger charge is -2.10. The largest absolute Gasteiger partial charge is 0.467 e. The van der Waals surface area contributed by atoms with Crippen LogP contribution in [0.2, 0.25) is 0 Å². The first-order valence-electron chi connectivity index (χ1n) is 9.61. The molecule has 32 heavy (non-hydrogen) atoms. The Balaban J connectivity index is 1.59. The number of benzene rings is 2. The molecule has 4 rings (SSSR count). The number of rotatable bonds is 8. The van der Waals surface area contributed by atoms with Gasteiger partial charge in [-0.3, -0.25) is 4.57 Å². The molecule has 0 saturated carbocycles. The number of hydrogen-bond donors (Lipinski definition) is 0. The zero-order valence-electron chi connectivity index (χ0n) is 17.0. The molecule has 0 amide bonds. The lowest BCUT2D eigenvalue weighted by molar-refractivity contribution is 0.234. The molecule has 4 aromatic rings. The molecule has 0 atom stereocenters.